The fourth-order valence-electron chi connectivity index (χ4n) is 3.16. The highest BCUT2D eigenvalue weighted by Crippen LogP contribution is 2.35. The van der Waals surface area contributed by atoms with E-state index in [1.165, 1.54) is 17.7 Å². The van der Waals surface area contributed by atoms with Crippen LogP contribution in [-0.2, 0) is 6.42 Å². The highest BCUT2D eigenvalue weighted by atomic mass is 16.3. The van der Waals surface area contributed by atoms with Gasteiger partial charge in [0.25, 0.3) is 0 Å². The second-order valence-electron chi connectivity index (χ2n) is 5.68. The lowest BCUT2D eigenvalue weighted by atomic mass is 9.97. The number of nitrogens with two attached hydrogens (primary N) is 1. The zero-order valence-corrected chi connectivity index (χ0v) is 12.2. The summed E-state index contributed by atoms with van der Waals surface area (Å²) < 4.78 is 5.85. The summed E-state index contributed by atoms with van der Waals surface area (Å²) >= 11 is 0. The van der Waals surface area contributed by atoms with Crippen LogP contribution in [0.15, 0.2) is 40.8 Å². The van der Waals surface area contributed by atoms with Crippen molar-refractivity contribution < 1.29 is 4.42 Å². The van der Waals surface area contributed by atoms with Gasteiger partial charge in [-0.2, -0.15) is 0 Å². The molecule has 1 aromatic heterocycles. The van der Waals surface area contributed by atoms with Gasteiger partial charge >= 0.3 is 0 Å². The molecule has 0 fully saturated rings. The van der Waals surface area contributed by atoms with Crippen LogP contribution in [0.5, 0.6) is 0 Å². The van der Waals surface area contributed by atoms with E-state index in [4.69, 9.17) is 10.2 Å². The number of nitrogens with zero attached hydrogens (tertiary/aromatic N) is 1. The molecular formula is C17H22N2O. The molecule has 20 heavy (non-hydrogen) atoms. The van der Waals surface area contributed by atoms with Crippen molar-refractivity contribution in [2.45, 2.75) is 38.8 Å². The van der Waals surface area contributed by atoms with Crippen molar-refractivity contribution in [2.75, 3.05) is 11.4 Å². The Morgan fingerprint density at radius 1 is 1.20 bits per heavy atom. The molecule has 2 unspecified atom stereocenters. The van der Waals surface area contributed by atoms with Crippen LogP contribution in [0.4, 0.5) is 5.69 Å². The normalized spacial score (nSPS) is 17.6. The number of para-hydroxylation sites is 1. The minimum atomic E-state index is 0.0201. The smallest absolute Gasteiger partial charge is 0.128 e. The van der Waals surface area contributed by atoms with Crippen molar-refractivity contribution in [2.24, 2.45) is 5.73 Å². The minimum absolute atomic E-state index is 0.0201. The zero-order valence-electron chi connectivity index (χ0n) is 12.2. The molecule has 2 atom stereocenters. The van der Waals surface area contributed by atoms with E-state index in [0.29, 0.717) is 0 Å². The van der Waals surface area contributed by atoms with Gasteiger partial charge in [0.05, 0.1) is 0 Å². The first-order valence-corrected chi connectivity index (χ1v) is 7.33. The van der Waals surface area contributed by atoms with Gasteiger partial charge in [-0.05, 0) is 50.5 Å². The summed E-state index contributed by atoms with van der Waals surface area (Å²) in [6.45, 7) is 5.06. The molecule has 106 valence electrons. The van der Waals surface area contributed by atoms with E-state index in [1.54, 1.807) is 0 Å². The fraction of sp³-hybridized carbons (Fsp3) is 0.412. The summed E-state index contributed by atoms with van der Waals surface area (Å²) in [5.41, 5.74) is 8.98. The van der Waals surface area contributed by atoms with Gasteiger partial charge in [-0.25, -0.2) is 0 Å². The Bertz CT molecular complexity index is 588. The molecule has 1 aromatic carbocycles. The number of fused-ring (bicyclic) bond motifs is 1. The molecule has 2 aromatic rings. The molecule has 1 aliphatic rings. The molecule has 2 N–H and O–H groups in total. The summed E-state index contributed by atoms with van der Waals surface area (Å²) in [5, 5.41) is 0. The van der Waals surface area contributed by atoms with Crippen LogP contribution in [-0.4, -0.2) is 12.6 Å². The topological polar surface area (TPSA) is 42.4 Å². The van der Waals surface area contributed by atoms with Crippen LogP contribution >= 0.6 is 0 Å². The van der Waals surface area contributed by atoms with Gasteiger partial charge in [-0.3, -0.25) is 0 Å². The maximum Gasteiger partial charge on any atom is 0.128 e. The third kappa shape index (κ3) is 2.34. The molecule has 0 saturated heterocycles. The van der Waals surface area contributed by atoms with Crippen LogP contribution in [0.2, 0.25) is 0 Å². The van der Waals surface area contributed by atoms with Crippen molar-refractivity contribution in [3.63, 3.8) is 0 Å². The Morgan fingerprint density at radius 2 is 2.00 bits per heavy atom. The Kier molecular flexibility index (Phi) is 3.53. The van der Waals surface area contributed by atoms with Crippen LogP contribution < -0.4 is 10.6 Å². The summed E-state index contributed by atoms with van der Waals surface area (Å²) in [5.74, 6) is 1.91. The number of hydrogen-bond acceptors (Lipinski definition) is 3. The zero-order chi connectivity index (χ0) is 14.1. The Hall–Kier alpha value is -1.74. The number of aryl methyl sites for hydroxylation is 2. The molecule has 3 nitrogen and oxygen atoms in total. The number of furan rings is 1. The quantitative estimate of drug-likeness (QED) is 0.929. The average Bonchev–Trinajstić information content (AvgIpc) is 2.85. The SMILES string of the molecule is Cc1ccc(C(C(C)N)N2CCCc3ccccc32)o1. The molecule has 2 heterocycles. The molecule has 0 bridgehead atoms. The number of hydrogen-bond donors (Lipinski definition) is 1. The standard InChI is InChI=1S/C17H22N2O/c1-12-9-10-16(20-12)17(13(2)18)19-11-5-7-14-6-3-4-8-15(14)19/h3-4,6,8-10,13,17H,5,7,11,18H2,1-2H3. The van der Waals surface area contributed by atoms with Crippen molar-refractivity contribution in [3.8, 4) is 0 Å². The van der Waals surface area contributed by atoms with Crippen LogP contribution in [0.3, 0.4) is 0 Å². The van der Waals surface area contributed by atoms with Crippen LogP contribution in [0.25, 0.3) is 0 Å². The van der Waals surface area contributed by atoms with Gasteiger partial charge in [0.15, 0.2) is 0 Å². The molecule has 0 saturated carbocycles. The number of benzene rings is 1. The number of rotatable bonds is 3. The van der Waals surface area contributed by atoms with Gasteiger partial charge in [-0.15, -0.1) is 0 Å². The van der Waals surface area contributed by atoms with Crippen molar-refractivity contribution in [1.29, 1.82) is 0 Å². The fourth-order valence-corrected chi connectivity index (χ4v) is 3.16. The van der Waals surface area contributed by atoms with Crippen molar-refractivity contribution in [1.82, 2.24) is 0 Å². The van der Waals surface area contributed by atoms with Crippen LogP contribution in [0, 0.1) is 6.92 Å². The minimum Gasteiger partial charge on any atom is -0.464 e. The molecule has 3 heteroatoms. The molecule has 0 radical (unpaired) electrons. The van der Waals surface area contributed by atoms with Gasteiger partial charge < -0.3 is 15.1 Å². The Morgan fingerprint density at radius 3 is 2.70 bits per heavy atom. The highest BCUT2D eigenvalue weighted by molar-refractivity contribution is 5.57. The van der Waals surface area contributed by atoms with Crippen molar-refractivity contribution >= 4 is 5.69 Å². The van der Waals surface area contributed by atoms with E-state index < -0.39 is 0 Å². The molecule has 0 amide bonds. The van der Waals surface area contributed by atoms with E-state index >= 15 is 0 Å². The molecule has 0 aliphatic carbocycles. The first kappa shape index (κ1) is 13.3. The largest absolute Gasteiger partial charge is 0.464 e. The third-order valence-electron chi connectivity index (χ3n) is 4.03. The van der Waals surface area contributed by atoms with E-state index in [-0.39, 0.29) is 12.1 Å². The van der Waals surface area contributed by atoms with Gasteiger partial charge in [-0.1, -0.05) is 18.2 Å². The maximum atomic E-state index is 6.26. The van der Waals surface area contributed by atoms with Gasteiger partial charge in [0.1, 0.15) is 17.6 Å². The maximum absolute atomic E-state index is 6.26. The first-order valence-electron chi connectivity index (χ1n) is 7.33. The predicted molar refractivity (Wildman–Crippen MR) is 81.9 cm³/mol. The lowest BCUT2D eigenvalue weighted by molar-refractivity contribution is 0.395. The summed E-state index contributed by atoms with van der Waals surface area (Å²) in [7, 11) is 0. The van der Waals surface area contributed by atoms with E-state index in [0.717, 1.165) is 24.5 Å². The molecule has 1 aliphatic heterocycles. The lowest BCUT2D eigenvalue weighted by Crippen LogP contribution is -2.42. The second kappa shape index (κ2) is 5.33. The van der Waals surface area contributed by atoms with Crippen molar-refractivity contribution in [3.05, 3.63) is 53.5 Å². The summed E-state index contributed by atoms with van der Waals surface area (Å²) in [6.07, 6.45) is 2.31. The predicted octanol–water partition coefficient (Wildman–Crippen LogP) is 3.43. The lowest BCUT2D eigenvalue weighted by Gasteiger charge is -2.38. The highest BCUT2D eigenvalue weighted by Gasteiger charge is 2.30. The Labute approximate surface area is 120 Å². The first-order chi connectivity index (χ1) is 9.66. The van der Waals surface area contributed by atoms with Gasteiger partial charge in [0.2, 0.25) is 0 Å². The van der Waals surface area contributed by atoms with E-state index in [9.17, 15) is 0 Å². The van der Waals surface area contributed by atoms with Gasteiger partial charge in [0, 0.05) is 18.3 Å². The summed E-state index contributed by atoms with van der Waals surface area (Å²) in [6, 6.07) is 12.8. The van der Waals surface area contributed by atoms with Crippen LogP contribution in [0.1, 0.15) is 36.5 Å². The van der Waals surface area contributed by atoms with E-state index in [2.05, 4.69) is 42.2 Å². The second-order valence-corrected chi connectivity index (χ2v) is 5.68. The molecule has 0 spiro atoms. The monoisotopic (exact) mass is 270 g/mol. The average molecular weight is 270 g/mol. The molecule has 3 rings (SSSR count). The third-order valence-corrected chi connectivity index (χ3v) is 4.03. The Balaban J connectivity index is 2.01. The van der Waals surface area contributed by atoms with E-state index in [1.807, 2.05) is 13.0 Å². The summed E-state index contributed by atoms with van der Waals surface area (Å²) in [4.78, 5) is 2.40. The number of anilines is 1. The molecular weight excluding hydrogens is 248 g/mol.